The molecule has 214 valence electrons. The van der Waals surface area contributed by atoms with Crippen molar-refractivity contribution in [1.29, 1.82) is 0 Å². The molecular weight excluding hydrogens is 530 g/mol. The highest BCUT2D eigenvalue weighted by Crippen LogP contribution is 2.32. The summed E-state index contributed by atoms with van der Waals surface area (Å²) in [4.78, 5) is 28.8. The van der Waals surface area contributed by atoms with Gasteiger partial charge in [0.2, 0.25) is 11.8 Å². The fourth-order valence-corrected chi connectivity index (χ4v) is 5.78. The van der Waals surface area contributed by atoms with Crippen LogP contribution >= 0.6 is 0 Å². The number of sulfonamides is 1. The van der Waals surface area contributed by atoms with Crippen molar-refractivity contribution in [2.75, 3.05) is 25.1 Å². The topological polar surface area (TPSA) is 105 Å². The number of hydrogen-bond donors (Lipinski definition) is 1. The van der Waals surface area contributed by atoms with Crippen molar-refractivity contribution in [2.24, 2.45) is 0 Å². The molecule has 40 heavy (non-hydrogen) atoms. The van der Waals surface area contributed by atoms with Crippen molar-refractivity contribution in [3.63, 3.8) is 0 Å². The monoisotopic (exact) mass is 567 g/mol. The van der Waals surface area contributed by atoms with Crippen LogP contribution < -0.4 is 19.1 Å². The number of ether oxygens (including phenoxy) is 2. The molecule has 1 N–H and O–H groups in total. The molecule has 10 heteroatoms. The summed E-state index contributed by atoms with van der Waals surface area (Å²) in [5, 5.41) is 2.89. The number of nitrogens with one attached hydrogen (secondary N) is 1. The van der Waals surface area contributed by atoms with Gasteiger partial charge >= 0.3 is 0 Å². The number of amides is 2. The summed E-state index contributed by atoms with van der Waals surface area (Å²) in [5.74, 6) is 0.0353. The van der Waals surface area contributed by atoms with Crippen LogP contribution in [-0.4, -0.2) is 58.0 Å². The third kappa shape index (κ3) is 7.32. The van der Waals surface area contributed by atoms with Gasteiger partial charge in [0.25, 0.3) is 10.0 Å². The van der Waals surface area contributed by atoms with Crippen molar-refractivity contribution in [1.82, 2.24) is 10.2 Å². The number of anilines is 1. The van der Waals surface area contributed by atoms with E-state index < -0.39 is 28.5 Å². The van der Waals surface area contributed by atoms with E-state index in [4.69, 9.17) is 9.47 Å². The minimum atomic E-state index is -4.19. The van der Waals surface area contributed by atoms with Crippen LogP contribution in [-0.2, 0) is 26.2 Å². The summed E-state index contributed by atoms with van der Waals surface area (Å²) in [5.41, 5.74) is 0.946. The first-order valence-corrected chi connectivity index (χ1v) is 14.5. The number of nitrogens with zero attached hydrogens (tertiary/aromatic N) is 2. The number of benzene rings is 3. The van der Waals surface area contributed by atoms with Gasteiger partial charge in [0.1, 0.15) is 24.1 Å². The highest BCUT2D eigenvalue weighted by Gasteiger charge is 2.34. The lowest BCUT2D eigenvalue weighted by atomic mass is 10.1. The molecule has 0 saturated carbocycles. The largest absolute Gasteiger partial charge is 0.497 e. The Morgan fingerprint density at radius 3 is 2.20 bits per heavy atom. The summed E-state index contributed by atoms with van der Waals surface area (Å²) >= 11 is 0. The zero-order valence-electron chi connectivity index (χ0n) is 23.5. The molecule has 9 nitrogen and oxygen atoms in total. The first-order chi connectivity index (χ1) is 19.1. The number of hydrogen-bond acceptors (Lipinski definition) is 6. The van der Waals surface area contributed by atoms with Crippen molar-refractivity contribution in [3.8, 4) is 11.5 Å². The predicted molar refractivity (Wildman–Crippen MR) is 155 cm³/mol. The fourth-order valence-electron chi connectivity index (χ4n) is 4.34. The van der Waals surface area contributed by atoms with Gasteiger partial charge in [-0.3, -0.25) is 13.9 Å². The van der Waals surface area contributed by atoms with Crippen molar-refractivity contribution >= 4 is 27.5 Å². The molecule has 0 radical (unpaired) electrons. The van der Waals surface area contributed by atoms with Crippen LogP contribution in [0.2, 0.25) is 0 Å². The summed E-state index contributed by atoms with van der Waals surface area (Å²) in [6.07, 6.45) is 0.328. The average Bonchev–Trinajstić information content (AvgIpc) is 2.95. The number of rotatable bonds is 13. The SMILES string of the molecule is CCC(C(=O)NC(C)C)N(Cc1cccc(OC)c1)C(=O)CN(c1ccccc1OC)S(=O)(=O)c1ccccc1. The average molecular weight is 568 g/mol. The van der Waals surface area contributed by atoms with E-state index >= 15 is 0 Å². The van der Waals surface area contributed by atoms with Crippen LogP contribution in [0.5, 0.6) is 11.5 Å². The second-order valence-corrected chi connectivity index (χ2v) is 11.3. The highest BCUT2D eigenvalue weighted by atomic mass is 32.2. The molecule has 1 atom stereocenters. The molecule has 0 aromatic heterocycles. The highest BCUT2D eigenvalue weighted by molar-refractivity contribution is 7.92. The molecular formula is C30H37N3O6S. The summed E-state index contributed by atoms with van der Waals surface area (Å²) in [6, 6.07) is 20.7. The summed E-state index contributed by atoms with van der Waals surface area (Å²) < 4.78 is 39.7. The van der Waals surface area contributed by atoms with Gasteiger partial charge in [0.15, 0.2) is 0 Å². The quantitative estimate of drug-likeness (QED) is 0.332. The zero-order chi connectivity index (χ0) is 29.3. The Bertz CT molecular complexity index is 1400. The van der Waals surface area contributed by atoms with Crippen molar-refractivity contribution in [3.05, 3.63) is 84.4 Å². The van der Waals surface area contributed by atoms with Crippen LogP contribution in [0.25, 0.3) is 0 Å². The lowest BCUT2D eigenvalue weighted by Crippen LogP contribution is -2.53. The van der Waals surface area contributed by atoms with E-state index in [0.29, 0.717) is 17.9 Å². The van der Waals surface area contributed by atoms with Crippen LogP contribution in [0.15, 0.2) is 83.8 Å². The van der Waals surface area contributed by atoms with E-state index in [1.165, 1.54) is 24.1 Å². The summed E-state index contributed by atoms with van der Waals surface area (Å²) in [6.45, 7) is 5.02. The van der Waals surface area contributed by atoms with Crippen LogP contribution in [0, 0.1) is 0 Å². The van der Waals surface area contributed by atoms with E-state index in [9.17, 15) is 18.0 Å². The molecule has 3 rings (SSSR count). The molecule has 2 amide bonds. The normalized spacial score (nSPS) is 11.9. The van der Waals surface area contributed by atoms with Gasteiger partial charge < -0.3 is 19.7 Å². The maximum atomic E-state index is 14.1. The minimum absolute atomic E-state index is 0.0256. The molecule has 0 fully saturated rings. The van der Waals surface area contributed by atoms with Gasteiger partial charge in [-0.1, -0.05) is 49.4 Å². The molecule has 0 aliphatic carbocycles. The van der Waals surface area contributed by atoms with Gasteiger partial charge in [-0.05, 0) is 62.2 Å². The van der Waals surface area contributed by atoms with Crippen molar-refractivity contribution in [2.45, 2.75) is 50.7 Å². The Kier molecular flexibility index (Phi) is 10.6. The Labute approximate surface area is 236 Å². The van der Waals surface area contributed by atoms with Gasteiger partial charge in [0, 0.05) is 12.6 Å². The first kappa shape index (κ1) is 30.5. The van der Waals surface area contributed by atoms with E-state index in [1.54, 1.807) is 67.8 Å². The Morgan fingerprint density at radius 1 is 0.900 bits per heavy atom. The molecule has 3 aromatic rings. The molecule has 0 aliphatic heterocycles. The maximum Gasteiger partial charge on any atom is 0.264 e. The minimum Gasteiger partial charge on any atom is -0.497 e. The summed E-state index contributed by atoms with van der Waals surface area (Å²) in [7, 11) is -1.20. The molecule has 0 heterocycles. The van der Waals surface area contributed by atoms with Gasteiger partial charge in [0.05, 0.1) is 24.8 Å². The molecule has 0 saturated heterocycles. The Hall–Kier alpha value is -4.05. The third-order valence-corrected chi connectivity index (χ3v) is 8.04. The molecule has 1 unspecified atom stereocenters. The van der Waals surface area contributed by atoms with Gasteiger partial charge in [-0.2, -0.15) is 0 Å². The van der Waals surface area contributed by atoms with Gasteiger partial charge in [-0.25, -0.2) is 8.42 Å². The lowest BCUT2D eigenvalue weighted by Gasteiger charge is -2.34. The Morgan fingerprint density at radius 2 is 1.57 bits per heavy atom. The first-order valence-electron chi connectivity index (χ1n) is 13.1. The second-order valence-electron chi connectivity index (χ2n) is 9.46. The number of carbonyl (C=O) groups is 2. The number of carbonyl (C=O) groups excluding carboxylic acids is 2. The molecule has 0 aliphatic rings. The van der Waals surface area contributed by atoms with Gasteiger partial charge in [-0.15, -0.1) is 0 Å². The van der Waals surface area contributed by atoms with E-state index in [1.807, 2.05) is 26.8 Å². The second kappa shape index (κ2) is 13.8. The smallest absolute Gasteiger partial charge is 0.264 e. The fraction of sp³-hybridized carbons (Fsp3) is 0.333. The molecule has 0 bridgehead atoms. The number of para-hydroxylation sites is 2. The molecule has 3 aromatic carbocycles. The van der Waals surface area contributed by atoms with Crippen LogP contribution in [0.1, 0.15) is 32.8 Å². The standard InChI is InChI=1S/C30H37N3O6S/c1-6-26(30(35)31-22(2)3)32(20-23-13-12-14-24(19-23)38-4)29(34)21-33(27-17-10-11-18-28(27)39-5)40(36,37)25-15-8-7-9-16-25/h7-19,22,26H,6,20-21H2,1-5H3,(H,31,35). The van der Waals surface area contributed by atoms with E-state index in [2.05, 4.69) is 5.32 Å². The van der Waals surface area contributed by atoms with E-state index in [-0.39, 0.29) is 29.1 Å². The Balaban J connectivity index is 2.10. The zero-order valence-corrected chi connectivity index (χ0v) is 24.4. The number of methoxy groups -OCH3 is 2. The van der Waals surface area contributed by atoms with Crippen LogP contribution in [0.3, 0.4) is 0 Å². The molecule has 0 spiro atoms. The maximum absolute atomic E-state index is 14.1. The predicted octanol–water partition coefficient (Wildman–Crippen LogP) is 4.23. The lowest BCUT2D eigenvalue weighted by molar-refractivity contribution is -0.140. The van der Waals surface area contributed by atoms with E-state index in [0.717, 1.165) is 9.87 Å². The third-order valence-electron chi connectivity index (χ3n) is 6.27. The van der Waals surface area contributed by atoms with Crippen molar-refractivity contribution < 1.29 is 27.5 Å². The van der Waals surface area contributed by atoms with Crippen LogP contribution in [0.4, 0.5) is 5.69 Å².